The number of amides is 1. The van der Waals surface area contributed by atoms with Crippen molar-refractivity contribution in [2.24, 2.45) is 0 Å². The van der Waals surface area contributed by atoms with Crippen molar-refractivity contribution in [2.45, 2.75) is 13.3 Å². The molecule has 1 aromatic heterocycles. The van der Waals surface area contributed by atoms with Crippen molar-refractivity contribution in [1.29, 1.82) is 0 Å². The molecule has 5 nitrogen and oxygen atoms in total. The average Bonchev–Trinajstić information content (AvgIpc) is 3.20. The highest BCUT2D eigenvalue weighted by Crippen LogP contribution is 2.20. The molecule has 3 aromatic rings. The van der Waals surface area contributed by atoms with Crippen LogP contribution in [0.4, 0.5) is 10.3 Å². The van der Waals surface area contributed by atoms with Gasteiger partial charge in [-0.25, -0.2) is 9.37 Å². The highest BCUT2D eigenvalue weighted by atomic mass is 35.5. The zero-order valence-corrected chi connectivity index (χ0v) is 17.1. The quantitative estimate of drug-likeness (QED) is 0.654. The number of aromatic nitrogens is 2. The second-order valence-corrected chi connectivity index (χ2v) is 7.10. The first kappa shape index (κ1) is 20.9. The largest absolute Gasteiger partial charge is 0.339 e. The fraction of sp³-hybridized carbons (Fsp3) is 0.273. The summed E-state index contributed by atoms with van der Waals surface area (Å²) in [5.74, 6) is 0.691. The fourth-order valence-corrected chi connectivity index (χ4v) is 3.48. The monoisotopic (exact) mass is 414 g/mol. The molecule has 0 unspecified atom stereocenters. The number of rotatable bonds is 4. The first-order valence-corrected chi connectivity index (χ1v) is 9.48. The Kier molecular flexibility index (Phi) is 6.54. The lowest BCUT2D eigenvalue weighted by Crippen LogP contribution is -2.49. The molecule has 7 heteroatoms. The van der Waals surface area contributed by atoms with E-state index in [1.165, 1.54) is 17.7 Å². The van der Waals surface area contributed by atoms with Crippen LogP contribution < -0.4 is 4.90 Å². The SMILES string of the molecule is Cc1ccc(-n2ccnc2N2CCN(C(=O)Cc3ccc(F)cc3)CC2)cc1.Cl. The van der Waals surface area contributed by atoms with Gasteiger partial charge in [-0.3, -0.25) is 9.36 Å². The molecule has 0 N–H and O–H groups in total. The van der Waals surface area contributed by atoms with Crippen LogP contribution in [0.25, 0.3) is 5.69 Å². The molecular weight excluding hydrogens is 391 g/mol. The average molecular weight is 415 g/mol. The molecule has 2 aromatic carbocycles. The van der Waals surface area contributed by atoms with E-state index in [9.17, 15) is 9.18 Å². The van der Waals surface area contributed by atoms with E-state index < -0.39 is 0 Å². The van der Waals surface area contributed by atoms with E-state index in [-0.39, 0.29) is 24.1 Å². The van der Waals surface area contributed by atoms with Gasteiger partial charge in [0.25, 0.3) is 0 Å². The Hall–Kier alpha value is -2.86. The van der Waals surface area contributed by atoms with Gasteiger partial charge in [-0.05, 0) is 36.8 Å². The van der Waals surface area contributed by atoms with E-state index >= 15 is 0 Å². The minimum absolute atomic E-state index is 0. The number of imidazole rings is 1. The maximum atomic E-state index is 13.0. The standard InChI is InChI=1S/C22H23FN4O.ClH/c1-17-2-8-20(9-3-17)27-11-10-24-22(27)26-14-12-25(13-15-26)21(28)16-18-4-6-19(23)7-5-18;/h2-11H,12-16H2,1H3;1H. The summed E-state index contributed by atoms with van der Waals surface area (Å²) >= 11 is 0. The lowest BCUT2D eigenvalue weighted by molar-refractivity contribution is -0.130. The van der Waals surface area contributed by atoms with Crippen molar-refractivity contribution >= 4 is 24.3 Å². The smallest absolute Gasteiger partial charge is 0.227 e. The summed E-state index contributed by atoms with van der Waals surface area (Å²) in [7, 11) is 0. The van der Waals surface area contributed by atoms with Gasteiger partial charge >= 0.3 is 0 Å². The lowest BCUT2D eigenvalue weighted by Gasteiger charge is -2.35. The fourth-order valence-electron chi connectivity index (χ4n) is 3.48. The number of aryl methyl sites for hydroxylation is 1. The molecule has 0 aliphatic carbocycles. The number of anilines is 1. The van der Waals surface area contributed by atoms with Crippen LogP contribution in [0, 0.1) is 12.7 Å². The van der Waals surface area contributed by atoms with Crippen LogP contribution in [0.5, 0.6) is 0 Å². The number of nitrogens with zero attached hydrogens (tertiary/aromatic N) is 4. The Morgan fingerprint density at radius 2 is 1.66 bits per heavy atom. The molecule has 0 saturated carbocycles. The number of hydrogen-bond acceptors (Lipinski definition) is 3. The van der Waals surface area contributed by atoms with Crippen molar-refractivity contribution in [3.63, 3.8) is 0 Å². The van der Waals surface area contributed by atoms with Crippen molar-refractivity contribution in [3.05, 3.63) is 77.9 Å². The van der Waals surface area contributed by atoms with Crippen molar-refractivity contribution in [2.75, 3.05) is 31.1 Å². The third-order valence-corrected chi connectivity index (χ3v) is 5.12. The normalized spacial score (nSPS) is 13.9. The van der Waals surface area contributed by atoms with Crippen LogP contribution >= 0.6 is 12.4 Å². The number of carbonyl (C=O) groups is 1. The van der Waals surface area contributed by atoms with Crippen LogP contribution in [-0.2, 0) is 11.2 Å². The Morgan fingerprint density at radius 3 is 2.31 bits per heavy atom. The van der Waals surface area contributed by atoms with Gasteiger partial charge in [-0.1, -0.05) is 29.8 Å². The Balaban J connectivity index is 0.00000240. The molecule has 1 saturated heterocycles. The number of piperazine rings is 1. The molecule has 0 radical (unpaired) electrons. The van der Waals surface area contributed by atoms with Crippen LogP contribution in [-0.4, -0.2) is 46.5 Å². The van der Waals surface area contributed by atoms with Gasteiger partial charge in [0.05, 0.1) is 6.42 Å². The molecule has 0 atom stereocenters. The molecule has 29 heavy (non-hydrogen) atoms. The third-order valence-electron chi connectivity index (χ3n) is 5.12. The zero-order valence-electron chi connectivity index (χ0n) is 16.3. The van der Waals surface area contributed by atoms with Crippen LogP contribution in [0.15, 0.2) is 60.9 Å². The first-order chi connectivity index (χ1) is 13.6. The molecule has 152 valence electrons. The van der Waals surface area contributed by atoms with Crippen molar-refractivity contribution in [1.82, 2.24) is 14.5 Å². The molecule has 2 heterocycles. The highest BCUT2D eigenvalue weighted by Gasteiger charge is 2.23. The molecule has 1 fully saturated rings. The maximum Gasteiger partial charge on any atom is 0.227 e. The maximum absolute atomic E-state index is 13.0. The number of carbonyl (C=O) groups excluding carboxylic acids is 1. The summed E-state index contributed by atoms with van der Waals surface area (Å²) in [5.41, 5.74) is 3.13. The predicted molar refractivity (Wildman–Crippen MR) is 114 cm³/mol. The third kappa shape index (κ3) is 4.77. The highest BCUT2D eigenvalue weighted by molar-refractivity contribution is 5.85. The molecule has 4 rings (SSSR count). The summed E-state index contributed by atoms with van der Waals surface area (Å²) in [6.45, 7) is 4.85. The van der Waals surface area contributed by atoms with E-state index in [0.717, 1.165) is 30.3 Å². The first-order valence-electron chi connectivity index (χ1n) is 9.48. The van der Waals surface area contributed by atoms with E-state index in [2.05, 4.69) is 45.6 Å². The number of benzene rings is 2. The second-order valence-electron chi connectivity index (χ2n) is 7.10. The summed E-state index contributed by atoms with van der Waals surface area (Å²) < 4.78 is 15.1. The second kappa shape index (κ2) is 9.09. The number of halogens is 2. The van der Waals surface area contributed by atoms with Crippen LogP contribution in [0.1, 0.15) is 11.1 Å². The van der Waals surface area contributed by atoms with E-state index in [1.54, 1.807) is 18.3 Å². The van der Waals surface area contributed by atoms with E-state index in [4.69, 9.17) is 0 Å². The minimum Gasteiger partial charge on any atom is -0.339 e. The summed E-state index contributed by atoms with van der Waals surface area (Å²) in [6, 6.07) is 14.5. The van der Waals surface area contributed by atoms with E-state index in [1.807, 2.05) is 11.1 Å². The van der Waals surface area contributed by atoms with Crippen LogP contribution in [0.2, 0.25) is 0 Å². The van der Waals surface area contributed by atoms with Crippen LogP contribution in [0.3, 0.4) is 0 Å². The van der Waals surface area contributed by atoms with Crippen molar-refractivity contribution in [3.8, 4) is 5.69 Å². The van der Waals surface area contributed by atoms with Crippen molar-refractivity contribution < 1.29 is 9.18 Å². The van der Waals surface area contributed by atoms with Gasteiger partial charge in [0, 0.05) is 44.3 Å². The molecule has 1 amide bonds. The predicted octanol–water partition coefficient (Wildman–Crippen LogP) is 3.63. The Morgan fingerprint density at radius 1 is 1.00 bits per heavy atom. The summed E-state index contributed by atoms with van der Waals surface area (Å²) in [6.07, 6.45) is 4.07. The number of hydrogen-bond donors (Lipinski definition) is 0. The zero-order chi connectivity index (χ0) is 19.5. The van der Waals surface area contributed by atoms with Gasteiger partial charge in [-0.2, -0.15) is 0 Å². The van der Waals surface area contributed by atoms with Gasteiger partial charge < -0.3 is 9.80 Å². The molecule has 1 aliphatic rings. The Labute approximate surface area is 176 Å². The minimum atomic E-state index is -0.283. The van der Waals surface area contributed by atoms with Gasteiger partial charge in [0.1, 0.15) is 5.82 Å². The summed E-state index contributed by atoms with van der Waals surface area (Å²) in [5, 5.41) is 0. The molecular formula is C22H24ClFN4O. The Bertz CT molecular complexity index is 948. The van der Waals surface area contributed by atoms with Gasteiger partial charge in [0.15, 0.2) is 0 Å². The van der Waals surface area contributed by atoms with Gasteiger partial charge in [-0.15, -0.1) is 12.4 Å². The summed E-state index contributed by atoms with van der Waals surface area (Å²) in [4.78, 5) is 21.2. The van der Waals surface area contributed by atoms with E-state index in [0.29, 0.717) is 19.5 Å². The molecule has 0 bridgehead atoms. The molecule has 0 spiro atoms. The topological polar surface area (TPSA) is 41.4 Å². The molecule has 1 aliphatic heterocycles. The van der Waals surface area contributed by atoms with Gasteiger partial charge in [0.2, 0.25) is 11.9 Å². The lowest BCUT2D eigenvalue weighted by atomic mass is 10.1.